The average Bonchev–Trinajstić information content (AvgIpc) is 2.87. The summed E-state index contributed by atoms with van der Waals surface area (Å²) < 4.78 is 40.6. The van der Waals surface area contributed by atoms with Crippen molar-refractivity contribution in [3.8, 4) is 0 Å². The number of anilines is 1. The zero-order chi connectivity index (χ0) is 15.2. The molecule has 2 aromatic carbocycles. The molecule has 0 spiro atoms. The Kier molecular flexibility index (Phi) is 3.22. The molecule has 4 nitrogen and oxygen atoms in total. The largest absolute Gasteiger partial charge is 0.398 e. The van der Waals surface area contributed by atoms with Crippen molar-refractivity contribution in [3.05, 3.63) is 58.9 Å². The highest BCUT2D eigenvalue weighted by molar-refractivity contribution is 7.89. The van der Waals surface area contributed by atoms with E-state index in [1.807, 2.05) is 24.3 Å². The number of fused-ring (bicyclic) bond motifs is 1. The van der Waals surface area contributed by atoms with E-state index in [9.17, 15) is 12.8 Å². The summed E-state index contributed by atoms with van der Waals surface area (Å²) in [7, 11) is -3.90. The lowest BCUT2D eigenvalue weighted by Gasteiger charge is -2.17. The Hall–Kier alpha value is -1.92. The molecule has 0 aliphatic carbocycles. The zero-order valence-electron chi connectivity index (χ0n) is 11.5. The summed E-state index contributed by atoms with van der Waals surface area (Å²) >= 11 is 0. The van der Waals surface area contributed by atoms with Gasteiger partial charge >= 0.3 is 0 Å². The number of nitrogen functional groups attached to an aromatic ring is 1. The molecule has 0 bridgehead atoms. The maximum Gasteiger partial charge on any atom is 0.246 e. The fourth-order valence-corrected chi connectivity index (χ4v) is 3.95. The molecular weight excluding hydrogens is 291 g/mol. The third kappa shape index (κ3) is 2.30. The van der Waals surface area contributed by atoms with Gasteiger partial charge in [0.05, 0.1) is 0 Å². The molecule has 0 saturated carbocycles. The quantitative estimate of drug-likeness (QED) is 0.867. The van der Waals surface area contributed by atoms with Gasteiger partial charge in [-0.2, -0.15) is 4.31 Å². The molecule has 1 heterocycles. The number of sulfonamides is 1. The van der Waals surface area contributed by atoms with E-state index in [4.69, 9.17) is 5.73 Å². The number of aryl methyl sites for hydroxylation is 1. The first kappa shape index (κ1) is 14.0. The van der Waals surface area contributed by atoms with Crippen LogP contribution >= 0.6 is 0 Å². The van der Waals surface area contributed by atoms with Crippen LogP contribution in [0, 0.1) is 12.7 Å². The molecule has 0 fully saturated rings. The number of nitrogens with zero attached hydrogens (tertiary/aromatic N) is 1. The van der Waals surface area contributed by atoms with Gasteiger partial charge in [0, 0.05) is 18.8 Å². The minimum absolute atomic E-state index is 0.256. The highest BCUT2D eigenvalue weighted by atomic mass is 32.2. The number of halogens is 1. The van der Waals surface area contributed by atoms with Crippen LogP contribution in [0.5, 0.6) is 0 Å². The van der Waals surface area contributed by atoms with Crippen molar-refractivity contribution < 1.29 is 12.8 Å². The van der Waals surface area contributed by atoms with E-state index in [-0.39, 0.29) is 23.7 Å². The Morgan fingerprint density at radius 2 is 1.71 bits per heavy atom. The fourth-order valence-electron chi connectivity index (χ4n) is 2.48. The average molecular weight is 306 g/mol. The Morgan fingerprint density at radius 1 is 1.14 bits per heavy atom. The minimum atomic E-state index is -3.90. The summed E-state index contributed by atoms with van der Waals surface area (Å²) in [5, 5.41) is 0. The van der Waals surface area contributed by atoms with Gasteiger partial charge in [-0.05, 0) is 35.7 Å². The second kappa shape index (κ2) is 4.82. The molecule has 0 radical (unpaired) electrons. The summed E-state index contributed by atoms with van der Waals surface area (Å²) in [6, 6.07) is 9.84. The van der Waals surface area contributed by atoms with Crippen LogP contribution in [0.1, 0.15) is 16.7 Å². The smallest absolute Gasteiger partial charge is 0.246 e. The number of rotatable bonds is 2. The van der Waals surface area contributed by atoms with Gasteiger partial charge in [0.2, 0.25) is 10.0 Å². The molecular formula is C15H15FN2O2S. The van der Waals surface area contributed by atoms with Crippen LogP contribution in [-0.2, 0) is 23.1 Å². The van der Waals surface area contributed by atoms with E-state index >= 15 is 0 Å². The Morgan fingerprint density at radius 3 is 2.29 bits per heavy atom. The van der Waals surface area contributed by atoms with Crippen molar-refractivity contribution in [1.82, 2.24) is 4.31 Å². The summed E-state index contributed by atoms with van der Waals surface area (Å²) in [5.41, 5.74) is 8.41. The van der Waals surface area contributed by atoms with Crippen molar-refractivity contribution in [2.75, 3.05) is 5.73 Å². The third-order valence-corrected chi connectivity index (χ3v) is 5.56. The van der Waals surface area contributed by atoms with Gasteiger partial charge in [-0.1, -0.05) is 24.3 Å². The molecule has 6 heteroatoms. The lowest BCUT2D eigenvalue weighted by Crippen LogP contribution is -2.26. The second-order valence-corrected chi connectivity index (χ2v) is 7.09. The first-order valence-electron chi connectivity index (χ1n) is 6.52. The summed E-state index contributed by atoms with van der Waals surface area (Å²) in [4.78, 5) is -0.363. The highest BCUT2D eigenvalue weighted by Crippen LogP contribution is 2.31. The topological polar surface area (TPSA) is 63.4 Å². The van der Waals surface area contributed by atoms with E-state index in [1.165, 1.54) is 10.4 Å². The number of hydrogen-bond donors (Lipinski definition) is 1. The number of hydrogen-bond acceptors (Lipinski definition) is 3. The first-order valence-corrected chi connectivity index (χ1v) is 7.96. The lowest BCUT2D eigenvalue weighted by molar-refractivity contribution is 0.427. The van der Waals surface area contributed by atoms with Crippen LogP contribution in [0.15, 0.2) is 41.3 Å². The molecule has 0 amide bonds. The van der Waals surface area contributed by atoms with Crippen molar-refractivity contribution >= 4 is 15.7 Å². The van der Waals surface area contributed by atoms with E-state index in [1.54, 1.807) is 6.92 Å². The van der Waals surface area contributed by atoms with Crippen LogP contribution < -0.4 is 5.73 Å². The standard InChI is InChI=1S/C15H15FN2O2S/c1-10-6-13(16)15(7-14(10)17)21(19,20)18-8-11-4-2-3-5-12(11)9-18/h2-7H,8-9,17H2,1H3. The Balaban J connectivity index is 2.02. The normalized spacial score (nSPS) is 15.1. The zero-order valence-corrected chi connectivity index (χ0v) is 12.3. The molecule has 1 aliphatic rings. The van der Waals surface area contributed by atoms with Gasteiger partial charge in [0.1, 0.15) is 10.7 Å². The second-order valence-electron chi connectivity index (χ2n) is 5.18. The van der Waals surface area contributed by atoms with E-state index in [0.717, 1.165) is 17.2 Å². The first-order chi connectivity index (χ1) is 9.89. The molecule has 0 unspecified atom stereocenters. The van der Waals surface area contributed by atoms with Crippen molar-refractivity contribution in [1.29, 1.82) is 0 Å². The third-order valence-electron chi connectivity index (χ3n) is 3.75. The predicted molar refractivity (Wildman–Crippen MR) is 78.4 cm³/mol. The van der Waals surface area contributed by atoms with Crippen LogP contribution in [0.25, 0.3) is 0 Å². The SMILES string of the molecule is Cc1cc(F)c(S(=O)(=O)N2Cc3ccccc3C2)cc1N. The lowest BCUT2D eigenvalue weighted by atomic mass is 10.1. The van der Waals surface area contributed by atoms with Crippen LogP contribution in [-0.4, -0.2) is 12.7 Å². The van der Waals surface area contributed by atoms with Crippen LogP contribution in [0.2, 0.25) is 0 Å². The van der Waals surface area contributed by atoms with E-state index in [2.05, 4.69) is 0 Å². The van der Waals surface area contributed by atoms with E-state index in [0.29, 0.717) is 5.56 Å². The summed E-state index contributed by atoms with van der Waals surface area (Å²) in [5.74, 6) is -0.766. The monoisotopic (exact) mass is 306 g/mol. The predicted octanol–water partition coefficient (Wildman–Crippen LogP) is 2.42. The molecule has 0 aromatic heterocycles. The minimum Gasteiger partial charge on any atom is -0.398 e. The van der Waals surface area contributed by atoms with Gasteiger partial charge in [-0.3, -0.25) is 0 Å². The molecule has 2 N–H and O–H groups in total. The molecule has 0 atom stereocenters. The van der Waals surface area contributed by atoms with Crippen molar-refractivity contribution in [3.63, 3.8) is 0 Å². The molecule has 0 saturated heterocycles. The number of nitrogens with two attached hydrogens (primary N) is 1. The maximum atomic E-state index is 14.0. The van der Waals surface area contributed by atoms with Crippen LogP contribution in [0.4, 0.5) is 10.1 Å². The fraction of sp³-hybridized carbons (Fsp3) is 0.200. The molecule has 110 valence electrons. The van der Waals surface area contributed by atoms with Crippen molar-refractivity contribution in [2.24, 2.45) is 0 Å². The summed E-state index contributed by atoms with van der Waals surface area (Å²) in [6.07, 6.45) is 0. The van der Waals surface area contributed by atoms with Gasteiger partial charge in [0.25, 0.3) is 0 Å². The van der Waals surface area contributed by atoms with Crippen LogP contribution in [0.3, 0.4) is 0 Å². The Bertz CT molecular complexity index is 793. The molecule has 1 aliphatic heterocycles. The summed E-state index contributed by atoms with van der Waals surface area (Å²) in [6.45, 7) is 2.15. The maximum absolute atomic E-state index is 14.0. The molecule has 3 rings (SSSR count). The molecule has 2 aromatic rings. The van der Waals surface area contributed by atoms with Gasteiger partial charge < -0.3 is 5.73 Å². The molecule has 21 heavy (non-hydrogen) atoms. The van der Waals surface area contributed by atoms with Gasteiger partial charge in [0.15, 0.2) is 0 Å². The van der Waals surface area contributed by atoms with Gasteiger partial charge in [-0.15, -0.1) is 0 Å². The Labute approximate surface area is 123 Å². The highest BCUT2D eigenvalue weighted by Gasteiger charge is 2.32. The van der Waals surface area contributed by atoms with Gasteiger partial charge in [-0.25, -0.2) is 12.8 Å². The van der Waals surface area contributed by atoms with E-state index < -0.39 is 15.8 Å². The number of benzene rings is 2. The van der Waals surface area contributed by atoms with Crippen molar-refractivity contribution in [2.45, 2.75) is 24.9 Å².